The van der Waals surface area contributed by atoms with Gasteiger partial charge in [-0.3, -0.25) is 4.68 Å². The maximum atomic E-state index is 4.15. The van der Waals surface area contributed by atoms with Crippen LogP contribution < -0.4 is 0 Å². The maximum Gasteiger partial charge on any atom is 0.0681 e. The topological polar surface area (TPSA) is 17.8 Å². The molecule has 0 spiro atoms. The zero-order chi connectivity index (χ0) is 16.8. The van der Waals surface area contributed by atoms with Gasteiger partial charge in [0.1, 0.15) is 0 Å². The van der Waals surface area contributed by atoms with E-state index in [0.29, 0.717) is 0 Å². The fourth-order valence-corrected chi connectivity index (χ4v) is 2.71. The number of benzene rings is 2. The number of hydrogen-bond acceptors (Lipinski definition) is 1. The summed E-state index contributed by atoms with van der Waals surface area (Å²) in [5, 5.41) is 5.36. The molecule has 1 aliphatic carbocycles. The Morgan fingerprint density at radius 3 is 2.48 bits per heavy atom. The summed E-state index contributed by atoms with van der Waals surface area (Å²) in [5.41, 5.74) is 6.81. The van der Waals surface area contributed by atoms with E-state index in [-0.39, 0.29) is 0 Å². The van der Waals surface area contributed by atoms with Gasteiger partial charge in [0.15, 0.2) is 0 Å². The monoisotopic (exact) mass is 306 g/mol. The van der Waals surface area contributed by atoms with Crippen LogP contribution in [0.15, 0.2) is 54.7 Å². The van der Waals surface area contributed by atoms with Crippen LogP contribution in [0.3, 0.4) is 0 Å². The van der Waals surface area contributed by atoms with E-state index < -0.39 is 0 Å². The average molecular weight is 306 g/mol. The summed E-state index contributed by atoms with van der Waals surface area (Å²) in [7, 11) is 1.96. The molecule has 23 heavy (non-hydrogen) atoms. The second-order valence-corrected chi connectivity index (χ2v) is 5.58. The Hall–Kier alpha value is -2.35. The van der Waals surface area contributed by atoms with E-state index in [2.05, 4.69) is 67.5 Å². The molecule has 0 amide bonds. The highest BCUT2D eigenvalue weighted by molar-refractivity contribution is 5.79. The van der Waals surface area contributed by atoms with Crippen LogP contribution in [0.2, 0.25) is 0 Å². The third-order valence-corrected chi connectivity index (χ3v) is 3.97. The van der Waals surface area contributed by atoms with Crippen molar-refractivity contribution in [1.29, 1.82) is 0 Å². The highest BCUT2D eigenvalue weighted by Crippen LogP contribution is 2.25. The number of allylic oxidation sites excluding steroid dienone is 2. The summed E-state index contributed by atoms with van der Waals surface area (Å²) in [6.45, 7) is 8.26. The molecule has 0 aliphatic heterocycles. The number of aryl methyl sites for hydroxylation is 2. The Labute approximate surface area is 139 Å². The van der Waals surface area contributed by atoms with Gasteiger partial charge >= 0.3 is 0 Å². The predicted molar refractivity (Wildman–Crippen MR) is 101 cm³/mol. The Balaban J connectivity index is 0.000000152. The molecule has 1 aromatic heterocycles. The smallest absolute Gasteiger partial charge is 0.0681 e. The lowest BCUT2D eigenvalue weighted by molar-refractivity contribution is 0.796. The van der Waals surface area contributed by atoms with Crippen molar-refractivity contribution in [3.8, 4) is 0 Å². The molecule has 0 unspecified atom stereocenters. The molecule has 3 aromatic rings. The molecular weight excluding hydrogens is 280 g/mol. The van der Waals surface area contributed by atoms with Crippen LogP contribution in [0, 0.1) is 6.92 Å². The molecule has 0 fully saturated rings. The van der Waals surface area contributed by atoms with Crippen molar-refractivity contribution in [3.63, 3.8) is 0 Å². The van der Waals surface area contributed by atoms with E-state index in [1.165, 1.54) is 33.2 Å². The highest BCUT2D eigenvalue weighted by Gasteiger charge is 2.07. The van der Waals surface area contributed by atoms with E-state index in [1.807, 2.05) is 31.8 Å². The summed E-state index contributed by atoms with van der Waals surface area (Å²) in [4.78, 5) is 0. The molecule has 4 rings (SSSR count). The molecule has 0 saturated carbocycles. The van der Waals surface area contributed by atoms with E-state index in [4.69, 9.17) is 0 Å². The zero-order valence-corrected chi connectivity index (χ0v) is 14.8. The lowest BCUT2D eigenvalue weighted by Gasteiger charge is -1.97. The van der Waals surface area contributed by atoms with Gasteiger partial charge in [0.05, 0.1) is 11.7 Å². The quantitative estimate of drug-likeness (QED) is 0.532. The molecule has 0 N–H and O–H groups in total. The molecule has 0 atom stereocenters. The molecule has 1 aliphatic rings. The number of aromatic nitrogens is 2. The van der Waals surface area contributed by atoms with Crippen LogP contribution in [0.5, 0.6) is 0 Å². The Bertz CT molecular complexity index is 810. The van der Waals surface area contributed by atoms with Gasteiger partial charge in [-0.05, 0) is 48.6 Å². The van der Waals surface area contributed by atoms with Crippen molar-refractivity contribution in [2.24, 2.45) is 7.05 Å². The standard InChI is InChI=1S/C10H10.C9H10N2.C2H6/c1-8-6-7-9-4-2-3-5-10(8)9;1-7-3-4-8-6-10-11(2)9(8)5-7;1-2/h2-6H,7H2,1H3;3-6H,1-2H3;1-2H3. The second-order valence-electron chi connectivity index (χ2n) is 5.58. The maximum absolute atomic E-state index is 4.15. The van der Waals surface area contributed by atoms with E-state index in [0.717, 1.165) is 6.42 Å². The van der Waals surface area contributed by atoms with Crippen molar-refractivity contribution in [1.82, 2.24) is 9.78 Å². The highest BCUT2D eigenvalue weighted by atomic mass is 15.2. The van der Waals surface area contributed by atoms with Crippen molar-refractivity contribution >= 4 is 16.5 Å². The van der Waals surface area contributed by atoms with Crippen molar-refractivity contribution in [2.75, 3.05) is 0 Å². The summed E-state index contributed by atoms with van der Waals surface area (Å²) in [5.74, 6) is 0. The van der Waals surface area contributed by atoms with Crippen LogP contribution in [-0.4, -0.2) is 9.78 Å². The third kappa shape index (κ3) is 3.89. The summed E-state index contributed by atoms with van der Waals surface area (Å²) < 4.78 is 1.89. The summed E-state index contributed by atoms with van der Waals surface area (Å²) in [6, 6.07) is 14.9. The minimum absolute atomic E-state index is 1.13. The van der Waals surface area contributed by atoms with Crippen molar-refractivity contribution in [2.45, 2.75) is 34.1 Å². The van der Waals surface area contributed by atoms with Gasteiger partial charge in [-0.1, -0.05) is 56.3 Å². The number of hydrogen-bond donors (Lipinski definition) is 0. The Morgan fingerprint density at radius 1 is 1.00 bits per heavy atom. The second kappa shape index (κ2) is 7.77. The first-order valence-corrected chi connectivity index (χ1v) is 8.28. The van der Waals surface area contributed by atoms with Crippen LogP contribution >= 0.6 is 0 Å². The number of rotatable bonds is 0. The summed E-state index contributed by atoms with van der Waals surface area (Å²) >= 11 is 0. The van der Waals surface area contributed by atoms with Crippen molar-refractivity contribution < 1.29 is 0 Å². The number of nitrogens with zero attached hydrogens (tertiary/aromatic N) is 2. The molecule has 0 radical (unpaired) electrons. The van der Waals surface area contributed by atoms with Crippen molar-refractivity contribution in [3.05, 3.63) is 71.4 Å². The predicted octanol–water partition coefficient (Wildman–Crippen LogP) is 5.55. The van der Waals surface area contributed by atoms with Gasteiger partial charge < -0.3 is 0 Å². The lowest BCUT2D eigenvalue weighted by Crippen LogP contribution is -1.88. The fraction of sp³-hybridized carbons (Fsp3) is 0.286. The number of fused-ring (bicyclic) bond motifs is 2. The first-order chi connectivity index (χ1) is 11.1. The molecule has 0 saturated heterocycles. The minimum Gasteiger partial charge on any atom is -0.268 e. The van der Waals surface area contributed by atoms with Gasteiger partial charge in [0.2, 0.25) is 0 Å². The first kappa shape index (κ1) is 17.0. The van der Waals surface area contributed by atoms with E-state index >= 15 is 0 Å². The molecule has 1 heterocycles. The van der Waals surface area contributed by atoms with Crippen LogP contribution in [0.1, 0.15) is 37.5 Å². The van der Waals surface area contributed by atoms with E-state index in [1.54, 1.807) is 0 Å². The molecule has 2 heteroatoms. The lowest BCUT2D eigenvalue weighted by atomic mass is 10.1. The normalized spacial score (nSPS) is 11.8. The first-order valence-electron chi connectivity index (χ1n) is 8.28. The average Bonchev–Trinajstić information content (AvgIpc) is 3.14. The fourth-order valence-electron chi connectivity index (χ4n) is 2.71. The Morgan fingerprint density at radius 2 is 1.74 bits per heavy atom. The molecule has 2 aromatic carbocycles. The third-order valence-electron chi connectivity index (χ3n) is 3.97. The zero-order valence-electron chi connectivity index (χ0n) is 14.8. The molecule has 0 bridgehead atoms. The van der Waals surface area contributed by atoms with Crippen LogP contribution in [-0.2, 0) is 13.5 Å². The van der Waals surface area contributed by atoms with Gasteiger partial charge in [-0.2, -0.15) is 5.10 Å². The van der Waals surface area contributed by atoms with Crippen LogP contribution in [0.4, 0.5) is 0 Å². The molecule has 120 valence electrons. The minimum atomic E-state index is 1.13. The Kier molecular flexibility index (Phi) is 5.75. The molecular formula is C21H26N2. The summed E-state index contributed by atoms with van der Waals surface area (Å²) in [6.07, 6.45) is 5.29. The van der Waals surface area contributed by atoms with Gasteiger partial charge in [-0.25, -0.2) is 0 Å². The van der Waals surface area contributed by atoms with Gasteiger partial charge in [0, 0.05) is 12.4 Å². The largest absolute Gasteiger partial charge is 0.268 e. The van der Waals surface area contributed by atoms with E-state index in [9.17, 15) is 0 Å². The SMILES string of the molecule is CC.CC1=CCc2ccccc21.Cc1ccc2cnn(C)c2c1. The van der Waals surface area contributed by atoms with Gasteiger partial charge in [-0.15, -0.1) is 0 Å². The van der Waals surface area contributed by atoms with Crippen LogP contribution in [0.25, 0.3) is 16.5 Å². The molecule has 2 nitrogen and oxygen atoms in total. The van der Waals surface area contributed by atoms with Gasteiger partial charge in [0.25, 0.3) is 0 Å².